The number of aryl methyl sites for hydroxylation is 4. The van der Waals surface area contributed by atoms with Gasteiger partial charge in [-0.25, -0.2) is 0 Å². The molecule has 2 aliphatic heterocycles. The molecule has 290 valence electrons. The summed E-state index contributed by atoms with van der Waals surface area (Å²) in [6.45, 7) is 0. The number of hydrogen-bond acceptors (Lipinski definition) is 4. The molecular formula is C54H51NO3. The van der Waals surface area contributed by atoms with Crippen LogP contribution in [0, 0.1) is 17.8 Å². The van der Waals surface area contributed by atoms with Gasteiger partial charge in [-0.1, -0.05) is 84.6 Å². The third kappa shape index (κ3) is 5.19. The highest BCUT2D eigenvalue weighted by molar-refractivity contribution is 5.89. The zero-order chi connectivity index (χ0) is 37.9. The maximum absolute atomic E-state index is 6.77. The van der Waals surface area contributed by atoms with E-state index in [0.717, 1.165) is 100 Å². The van der Waals surface area contributed by atoms with Crippen molar-refractivity contribution >= 4 is 12.2 Å². The summed E-state index contributed by atoms with van der Waals surface area (Å²) in [5.74, 6) is 8.21. The molecule has 0 bridgehead atoms. The van der Waals surface area contributed by atoms with Gasteiger partial charge in [0.15, 0.2) is 0 Å². The Bertz CT molecular complexity index is 2600. The Labute approximate surface area is 342 Å². The lowest BCUT2D eigenvalue weighted by Gasteiger charge is -2.38. The number of furan rings is 2. The minimum Gasteiger partial charge on any atom is -0.465 e. The second-order valence-electron chi connectivity index (χ2n) is 18.4. The zero-order valence-corrected chi connectivity index (χ0v) is 33.4. The van der Waals surface area contributed by atoms with Gasteiger partial charge >= 0.3 is 0 Å². The zero-order valence-electron chi connectivity index (χ0n) is 33.4. The van der Waals surface area contributed by atoms with Crippen molar-refractivity contribution in [2.75, 3.05) is 0 Å². The molecule has 5 atom stereocenters. The van der Waals surface area contributed by atoms with Crippen molar-refractivity contribution in [2.24, 2.45) is 17.8 Å². The van der Waals surface area contributed by atoms with Crippen molar-refractivity contribution in [2.45, 2.75) is 108 Å². The third-order valence-corrected chi connectivity index (χ3v) is 15.3. The van der Waals surface area contributed by atoms with Gasteiger partial charge in [0.05, 0.1) is 6.04 Å². The van der Waals surface area contributed by atoms with Crippen LogP contribution in [0.5, 0.6) is 0 Å². The van der Waals surface area contributed by atoms with Crippen LogP contribution in [0.4, 0.5) is 0 Å². The summed E-state index contributed by atoms with van der Waals surface area (Å²) in [5.41, 5.74) is 17.2. The number of fused-ring (bicyclic) bond motifs is 11. The van der Waals surface area contributed by atoms with Crippen LogP contribution < -0.4 is 0 Å². The molecule has 0 radical (unpaired) electrons. The molecule has 2 aromatic rings. The SMILES string of the molecule is C1=CC(C2=Cc3c(oc4c3-c3c(oc5c3C=C(C3=CC6C7=C(C=CCC7)N(C7CC=CCC7)C6C=C3)CC5)CC4)CC2)CC(C2=CC=C3OC4=C(C=CCC4)C3C2)=C1. The summed E-state index contributed by atoms with van der Waals surface area (Å²) >= 11 is 0. The standard InChI is InChI=1S/C54H51NO3/c1-2-11-38(12-3-1)55-45-15-6-4-13-39(45)41-28-34(17-21-46(41)55)37-20-24-50-44(31-37)54-52(58-50)26-25-51-53(54)43-30-36(19-23-49(43)57-51)33-10-8-9-32(27-33)35-18-22-48-42(29-35)40-14-5-7-16-47(40)56-48/h1-2,5-6,8-10,14-15,17-18,21-22,28,30-31,33,38,41-42,46H,3-4,7,11-13,16,19-20,23-27,29H2. The van der Waals surface area contributed by atoms with E-state index in [9.17, 15) is 0 Å². The fourth-order valence-corrected chi connectivity index (χ4v) is 12.5. The predicted molar refractivity (Wildman–Crippen MR) is 231 cm³/mol. The van der Waals surface area contributed by atoms with Gasteiger partial charge in [0.2, 0.25) is 0 Å². The molecule has 11 aliphatic rings. The van der Waals surface area contributed by atoms with Crippen LogP contribution >= 0.6 is 0 Å². The van der Waals surface area contributed by atoms with Gasteiger partial charge in [0, 0.05) is 89.4 Å². The molecule has 0 fully saturated rings. The molecule has 58 heavy (non-hydrogen) atoms. The first-order chi connectivity index (χ1) is 28.7. The van der Waals surface area contributed by atoms with E-state index in [1.165, 1.54) is 92.2 Å². The number of ether oxygens (including phenoxy) is 1. The number of nitrogens with zero attached hydrogens (tertiary/aromatic N) is 1. The average molecular weight is 762 g/mol. The summed E-state index contributed by atoms with van der Waals surface area (Å²) in [6, 6.07) is 1.04. The number of rotatable bonds is 4. The highest BCUT2D eigenvalue weighted by Crippen LogP contribution is 2.52. The van der Waals surface area contributed by atoms with Gasteiger partial charge in [-0.2, -0.15) is 0 Å². The lowest BCUT2D eigenvalue weighted by Crippen LogP contribution is -2.41. The van der Waals surface area contributed by atoms with E-state index in [-0.39, 0.29) is 0 Å². The second kappa shape index (κ2) is 13.1. The topological polar surface area (TPSA) is 38.8 Å². The summed E-state index contributed by atoms with van der Waals surface area (Å²) in [6.07, 6.45) is 54.6. The van der Waals surface area contributed by atoms with E-state index in [4.69, 9.17) is 13.6 Å². The molecular weight excluding hydrogens is 711 g/mol. The first-order valence-corrected chi connectivity index (χ1v) is 22.5. The molecule has 4 nitrogen and oxygen atoms in total. The Kier molecular flexibility index (Phi) is 7.64. The fourth-order valence-electron chi connectivity index (χ4n) is 12.5. The van der Waals surface area contributed by atoms with Crippen LogP contribution in [0.15, 0.2) is 150 Å². The third-order valence-electron chi connectivity index (χ3n) is 15.3. The van der Waals surface area contributed by atoms with Crippen LogP contribution in [-0.4, -0.2) is 17.0 Å². The Morgan fingerprint density at radius 1 is 0.638 bits per heavy atom. The van der Waals surface area contributed by atoms with Gasteiger partial charge in [0.25, 0.3) is 0 Å². The van der Waals surface area contributed by atoms with E-state index in [1.54, 1.807) is 5.57 Å². The van der Waals surface area contributed by atoms with Crippen LogP contribution in [0.25, 0.3) is 23.3 Å². The van der Waals surface area contributed by atoms with Gasteiger partial charge < -0.3 is 18.5 Å². The van der Waals surface area contributed by atoms with Crippen LogP contribution in [-0.2, 0) is 30.4 Å². The Morgan fingerprint density at radius 2 is 1.45 bits per heavy atom. The van der Waals surface area contributed by atoms with Crippen molar-refractivity contribution < 1.29 is 13.6 Å². The molecule has 0 saturated carbocycles. The maximum atomic E-state index is 6.77. The van der Waals surface area contributed by atoms with Crippen molar-refractivity contribution in [1.82, 2.24) is 4.90 Å². The monoisotopic (exact) mass is 761 g/mol. The first kappa shape index (κ1) is 33.7. The highest BCUT2D eigenvalue weighted by atomic mass is 16.5. The van der Waals surface area contributed by atoms with Crippen molar-refractivity contribution in [3.63, 3.8) is 0 Å². The second-order valence-corrected chi connectivity index (χ2v) is 18.4. The molecule has 0 N–H and O–H groups in total. The normalized spacial score (nSPS) is 29.8. The molecule has 0 spiro atoms. The molecule has 0 aromatic carbocycles. The summed E-state index contributed by atoms with van der Waals surface area (Å²) < 4.78 is 19.8. The van der Waals surface area contributed by atoms with Crippen LogP contribution in [0.3, 0.4) is 0 Å². The molecule has 4 heterocycles. The predicted octanol–water partition coefficient (Wildman–Crippen LogP) is 12.8. The lowest BCUT2D eigenvalue weighted by molar-refractivity contribution is 0.209. The van der Waals surface area contributed by atoms with Crippen molar-refractivity contribution in [3.05, 3.63) is 175 Å². The molecule has 5 unspecified atom stereocenters. The summed E-state index contributed by atoms with van der Waals surface area (Å²) in [7, 11) is 0. The number of allylic oxidation sites excluding steroid dienone is 18. The van der Waals surface area contributed by atoms with E-state index >= 15 is 0 Å². The minimum absolute atomic E-state index is 0.370. The average Bonchev–Trinajstić information content (AvgIpc) is 4.04. The van der Waals surface area contributed by atoms with Gasteiger partial charge in [-0.15, -0.1) is 0 Å². The molecule has 0 saturated heterocycles. The van der Waals surface area contributed by atoms with E-state index in [0.29, 0.717) is 29.8 Å². The Balaban J connectivity index is 0.800. The number of hydrogen-bond donors (Lipinski definition) is 0. The Hall–Kier alpha value is -5.22. The van der Waals surface area contributed by atoms with Crippen LogP contribution in [0.2, 0.25) is 0 Å². The molecule has 9 aliphatic carbocycles. The van der Waals surface area contributed by atoms with E-state index < -0.39 is 0 Å². The fraction of sp³-hybridized carbons (Fsp3) is 0.370. The van der Waals surface area contributed by atoms with E-state index in [1.807, 2.05) is 0 Å². The van der Waals surface area contributed by atoms with Crippen molar-refractivity contribution in [1.29, 1.82) is 0 Å². The van der Waals surface area contributed by atoms with Crippen LogP contribution in [0.1, 0.15) is 105 Å². The van der Waals surface area contributed by atoms with Gasteiger partial charge in [-0.05, 0) is 110 Å². The Morgan fingerprint density at radius 3 is 2.33 bits per heavy atom. The molecule has 2 aromatic heterocycles. The summed E-state index contributed by atoms with van der Waals surface area (Å²) in [4.78, 5) is 2.79. The molecule has 0 amide bonds. The minimum atomic E-state index is 0.370. The van der Waals surface area contributed by atoms with Gasteiger partial charge in [0.1, 0.15) is 34.6 Å². The van der Waals surface area contributed by atoms with Crippen molar-refractivity contribution in [3.8, 4) is 11.1 Å². The van der Waals surface area contributed by atoms with E-state index in [2.05, 4.69) is 102 Å². The summed E-state index contributed by atoms with van der Waals surface area (Å²) in [5, 5.41) is 0. The largest absolute Gasteiger partial charge is 0.465 e. The first-order valence-electron chi connectivity index (χ1n) is 22.5. The smallest absolute Gasteiger partial charge is 0.113 e. The highest BCUT2D eigenvalue weighted by Gasteiger charge is 2.43. The quantitative estimate of drug-likeness (QED) is 0.291. The lowest BCUT2D eigenvalue weighted by atomic mass is 9.76. The molecule has 13 rings (SSSR count). The van der Waals surface area contributed by atoms with Gasteiger partial charge in [-0.3, -0.25) is 0 Å². The maximum Gasteiger partial charge on any atom is 0.113 e. The molecule has 4 heteroatoms.